The number of hydrogen-bond acceptors (Lipinski definition) is 3. The summed E-state index contributed by atoms with van der Waals surface area (Å²) >= 11 is 0. The van der Waals surface area contributed by atoms with E-state index in [1.807, 2.05) is 0 Å². The lowest BCUT2D eigenvalue weighted by Crippen LogP contribution is -2.33. The molecule has 0 fully saturated rings. The van der Waals surface area contributed by atoms with Crippen LogP contribution in [0.4, 0.5) is 13.2 Å². The van der Waals surface area contributed by atoms with E-state index in [-0.39, 0.29) is 0 Å². The summed E-state index contributed by atoms with van der Waals surface area (Å²) < 4.78 is 34.1. The first kappa shape index (κ1) is 10.6. The molecule has 3 nitrogen and oxygen atoms in total. The van der Waals surface area contributed by atoms with E-state index < -0.39 is 12.1 Å². The second-order valence-electron chi connectivity index (χ2n) is 1.26. The molecule has 0 bridgehead atoms. The minimum absolute atomic E-state index is 0.553. The van der Waals surface area contributed by atoms with Crippen molar-refractivity contribution < 1.29 is 18.0 Å². The summed E-state index contributed by atoms with van der Waals surface area (Å²) in [5.74, 6) is -2.13. The molecule has 0 heterocycles. The number of hydrogen-bond donors (Lipinski definition) is 1. The van der Waals surface area contributed by atoms with E-state index in [0.717, 1.165) is 5.55 Å². The van der Waals surface area contributed by atoms with Gasteiger partial charge in [0.1, 0.15) is 0 Å². The topological polar surface area (TPSA) is 41.5 Å². The maximum absolute atomic E-state index is 11.4. The van der Waals surface area contributed by atoms with Crippen molar-refractivity contribution in [2.45, 2.75) is 6.18 Å². The molecule has 11 heavy (non-hydrogen) atoms. The zero-order valence-corrected chi connectivity index (χ0v) is 6.43. The molecule has 0 radical (unpaired) electrons. The molecule has 0 atom stereocenters. The van der Waals surface area contributed by atoms with Crippen molar-refractivity contribution in [3.8, 4) is 0 Å². The Balaban J connectivity index is 3.80. The molecule has 0 aromatic heterocycles. The van der Waals surface area contributed by atoms with Crippen molar-refractivity contribution in [3.05, 3.63) is 0 Å². The van der Waals surface area contributed by atoms with Gasteiger partial charge in [-0.3, -0.25) is 4.79 Å². The standard InChI is InChI=1S/C3H2ClF3N2OS/c4-11-1-8-9-2(10)3(5,6)7/h1H,(H,9,10). The lowest BCUT2D eigenvalue weighted by Gasteiger charge is -2.01. The van der Waals surface area contributed by atoms with Crippen LogP contribution in [0.3, 0.4) is 0 Å². The smallest absolute Gasteiger partial charge is 0.263 e. The third-order valence-electron chi connectivity index (χ3n) is 0.516. The fraction of sp³-hybridized carbons (Fsp3) is 0.333. The van der Waals surface area contributed by atoms with Gasteiger partial charge >= 0.3 is 12.1 Å². The number of hydrazone groups is 1. The molecule has 0 aliphatic heterocycles. The van der Waals surface area contributed by atoms with Crippen LogP contribution in [0.25, 0.3) is 0 Å². The van der Waals surface area contributed by atoms with Crippen molar-refractivity contribution in [1.29, 1.82) is 0 Å². The molecule has 0 unspecified atom stereocenters. The number of halogens is 4. The summed E-state index contributed by atoms with van der Waals surface area (Å²) in [6.07, 6.45) is -4.91. The SMILES string of the molecule is O=C(NN=CSCl)C(F)(F)F. The predicted molar refractivity (Wildman–Crippen MR) is 36.1 cm³/mol. The Labute approximate surface area is 68.5 Å². The molecule has 0 aliphatic carbocycles. The summed E-state index contributed by atoms with van der Waals surface area (Å²) in [6.45, 7) is 0. The van der Waals surface area contributed by atoms with Gasteiger partial charge in [0.15, 0.2) is 0 Å². The highest BCUT2D eigenvalue weighted by atomic mass is 35.7. The number of carbonyl (C=O) groups excluding carboxylic acids is 1. The zero-order chi connectivity index (χ0) is 8.91. The molecule has 0 saturated carbocycles. The van der Waals surface area contributed by atoms with Gasteiger partial charge in [0, 0.05) is 0 Å². The normalized spacial score (nSPS) is 12.0. The fourth-order valence-corrected chi connectivity index (χ4v) is 0.380. The molecule has 0 aromatic rings. The van der Waals surface area contributed by atoms with Gasteiger partial charge < -0.3 is 0 Å². The number of nitrogens with zero attached hydrogens (tertiary/aromatic N) is 1. The predicted octanol–water partition coefficient (Wildman–Crippen LogP) is 1.50. The van der Waals surface area contributed by atoms with Crippen molar-refractivity contribution in [2.75, 3.05) is 0 Å². The minimum Gasteiger partial charge on any atom is -0.263 e. The van der Waals surface area contributed by atoms with E-state index in [1.54, 1.807) is 0 Å². The van der Waals surface area contributed by atoms with Crippen molar-refractivity contribution in [1.82, 2.24) is 5.43 Å². The summed E-state index contributed by atoms with van der Waals surface area (Å²) in [6, 6.07) is 0. The first-order valence-electron chi connectivity index (χ1n) is 2.14. The number of alkyl halides is 3. The molecule has 0 aliphatic rings. The number of carbonyl (C=O) groups is 1. The lowest BCUT2D eigenvalue weighted by atomic mass is 10.6. The van der Waals surface area contributed by atoms with Gasteiger partial charge in [0.05, 0.1) is 5.55 Å². The Morgan fingerprint density at radius 3 is 2.55 bits per heavy atom. The number of rotatable bonds is 2. The molecule has 0 aromatic carbocycles. The Morgan fingerprint density at radius 1 is 1.64 bits per heavy atom. The van der Waals surface area contributed by atoms with E-state index in [0.29, 0.717) is 11.0 Å². The van der Waals surface area contributed by atoms with Gasteiger partial charge in [0.25, 0.3) is 0 Å². The quantitative estimate of drug-likeness (QED) is 0.423. The highest BCUT2D eigenvalue weighted by Crippen LogP contribution is 2.13. The Bertz CT molecular complexity index is 170. The molecule has 1 amide bonds. The van der Waals surface area contributed by atoms with Crippen molar-refractivity contribution in [2.24, 2.45) is 5.10 Å². The molecule has 0 saturated heterocycles. The summed E-state index contributed by atoms with van der Waals surface area (Å²) in [7, 11) is 5.49. The average Bonchev–Trinajstić information content (AvgIpc) is 1.86. The van der Waals surface area contributed by atoms with Gasteiger partial charge in [-0.05, 0) is 21.7 Å². The monoisotopic (exact) mass is 206 g/mol. The molecule has 64 valence electrons. The highest BCUT2D eigenvalue weighted by Gasteiger charge is 2.38. The van der Waals surface area contributed by atoms with Crippen molar-refractivity contribution >= 4 is 33.1 Å². The van der Waals surface area contributed by atoms with Gasteiger partial charge in [0.2, 0.25) is 0 Å². The van der Waals surface area contributed by atoms with Crippen LogP contribution >= 0.6 is 21.7 Å². The van der Waals surface area contributed by atoms with Crippen LogP contribution in [0.15, 0.2) is 5.10 Å². The Morgan fingerprint density at radius 2 is 2.18 bits per heavy atom. The fourth-order valence-electron chi connectivity index (χ4n) is 0.168. The highest BCUT2D eigenvalue weighted by molar-refractivity contribution is 8.31. The molecular formula is C3H2ClF3N2OS. The van der Waals surface area contributed by atoms with E-state index >= 15 is 0 Å². The Kier molecular flexibility index (Phi) is 4.27. The van der Waals surface area contributed by atoms with Crippen LogP contribution in [0.1, 0.15) is 0 Å². The summed E-state index contributed by atoms with van der Waals surface area (Å²) in [4.78, 5) is 9.94. The molecule has 8 heteroatoms. The van der Waals surface area contributed by atoms with Gasteiger partial charge in [-0.15, -0.1) is 0 Å². The van der Waals surface area contributed by atoms with E-state index in [4.69, 9.17) is 10.7 Å². The third-order valence-corrected chi connectivity index (χ3v) is 0.940. The van der Waals surface area contributed by atoms with Crippen LogP contribution in [0.5, 0.6) is 0 Å². The van der Waals surface area contributed by atoms with Gasteiger partial charge in [-0.2, -0.15) is 18.3 Å². The van der Waals surface area contributed by atoms with E-state index in [1.165, 1.54) is 5.43 Å². The van der Waals surface area contributed by atoms with Crippen LogP contribution in [0.2, 0.25) is 0 Å². The van der Waals surface area contributed by atoms with Crippen LogP contribution in [0, 0.1) is 0 Å². The largest absolute Gasteiger partial charge is 0.473 e. The number of amides is 1. The second kappa shape index (κ2) is 4.45. The summed E-state index contributed by atoms with van der Waals surface area (Å²) in [5, 5.41) is 2.84. The maximum Gasteiger partial charge on any atom is 0.473 e. The minimum atomic E-state index is -4.91. The molecular weight excluding hydrogens is 205 g/mol. The lowest BCUT2D eigenvalue weighted by molar-refractivity contribution is -0.173. The summed E-state index contributed by atoms with van der Waals surface area (Å²) in [5.41, 5.74) is 2.08. The number of nitrogens with one attached hydrogen (secondary N) is 1. The first-order chi connectivity index (χ1) is 4.98. The Hall–Kier alpha value is -0.430. The van der Waals surface area contributed by atoms with Crippen molar-refractivity contribution in [3.63, 3.8) is 0 Å². The molecule has 1 N–H and O–H groups in total. The maximum atomic E-state index is 11.4. The molecule has 0 spiro atoms. The van der Waals surface area contributed by atoms with Crippen LogP contribution in [-0.4, -0.2) is 17.6 Å². The second-order valence-corrected chi connectivity index (χ2v) is 2.19. The first-order valence-corrected chi connectivity index (χ1v) is 3.85. The van der Waals surface area contributed by atoms with E-state index in [2.05, 4.69) is 5.10 Å². The third kappa shape index (κ3) is 4.91. The van der Waals surface area contributed by atoms with Gasteiger partial charge in [-0.25, -0.2) is 5.43 Å². The van der Waals surface area contributed by atoms with Crippen LogP contribution in [-0.2, 0) is 4.79 Å². The van der Waals surface area contributed by atoms with E-state index in [9.17, 15) is 18.0 Å². The zero-order valence-electron chi connectivity index (χ0n) is 4.85. The van der Waals surface area contributed by atoms with Crippen LogP contribution < -0.4 is 5.43 Å². The molecule has 0 rings (SSSR count). The van der Waals surface area contributed by atoms with Gasteiger partial charge in [-0.1, -0.05) is 0 Å². The average molecular weight is 207 g/mol.